The zero-order chi connectivity index (χ0) is 22.0. The minimum atomic E-state index is -0.467. The number of carbonyl (C=O) groups excluding carboxylic acids is 2. The summed E-state index contributed by atoms with van der Waals surface area (Å²) in [5.41, 5.74) is 6.34. The van der Waals surface area contributed by atoms with Gasteiger partial charge in [0, 0.05) is 10.6 Å². The Morgan fingerprint density at radius 1 is 1.10 bits per heavy atom. The van der Waals surface area contributed by atoms with Gasteiger partial charge in [0.1, 0.15) is 10.6 Å². The van der Waals surface area contributed by atoms with E-state index in [0.29, 0.717) is 4.88 Å². The van der Waals surface area contributed by atoms with E-state index in [-0.39, 0.29) is 12.5 Å². The first-order valence-electron chi connectivity index (χ1n) is 10.4. The number of hydrogen-bond donors (Lipinski definition) is 1. The van der Waals surface area contributed by atoms with Crippen molar-refractivity contribution in [3.63, 3.8) is 0 Å². The van der Waals surface area contributed by atoms with Crippen LogP contribution in [0.5, 0.6) is 5.75 Å². The third-order valence-electron chi connectivity index (χ3n) is 5.57. The van der Waals surface area contributed by atoms with Crippen LogP contribution in [0.3, 0.4) is 0 Å². The van der Waals surface area contributed by atoms with E-state index in [1.54, 1.807) is 7.11 Å². The van der Waals surface area contributed by atoms with Gasteiger partial charge < -0.3 is 14.8 Å². The number of methoxy groups -OCH3 is 1. The smallest absolute Gasteiger partial charge is 0.348 e. The number of hydrogen-bond acceptors (Lipinski definition) is 5. The van der Waals surface area contributed by atoms with Gasteiger partial charge in [0.25, 0.3) is 5.91 Å². The van der Waals surface area contributed by atoms with Gasteiger partial charge in [-0.2, -0.15) is 0 Å². The molecule has 0 atom stereocenters. The Morgan fingerprint density at radius 2 is 1.90 bits per heavy atom. The van der Waals surface area contributed by atoms with E-state index in [0.717, 1.165) is 57.8 Å². The van der Waals surface area contributed by atoms with Crippen molar-refractivity contribution in [3.8, 4) is 16.2 Å². The molecular formula is C25H25NO4S. The van der Waals surface area contributed by atoms with Gasteiger partial charge in [-0.3, -0.25) is 4.79 Å². The molecule has 0 saturated heterocycles. The molecule has 4 rings (SSSR count). The number of ether oxygens (including phenoxy) is 2. The SMILES string of the molecule is CCc1cccc(C)c1NC(=O)COC(=O)c1cc2c(s1)-c1ccc(OC)cc1CC2. The molecular weight excluding hydrogens is 410 g/mol. The molecule has 0 spiro atoms. The first-order chi connectivity index (χ1) is 15.0. The molecule has 1 heterocycles. The average molecular weight is 436 g/mol. The standard InChI is InChI=1S/C25H25NO4S/c1-4-16-7-5-6-15(2)23(16)26-22(27)14-30-25(28)21-13-18-9-8-17-12-19(29-3)10-11-20(17)24(18)31-21/h5-7,10-13H,4,8-9,14H2,1-3H3,(H,26,27). The van der Waals surface area contributed by atoms with Crippen molar-refractivity contribution in [1.82, 2.24) is 0 Å². The summed E-state index contributed by atoms with van der Waals surface area (Å²) in [6, 6.07) is 13.8. The first-order valence-corrected chi connectivity index (χ1v) is 11.2. The third-order valence-corrected chi connectivity index (χ3v) is 6.76. The van der Waals surface area contributed by atoms with Gasteiger partial charge in [-0.25, -0.2) is 4.79 Å². The normalized spacial score (nSPS) is 12.0. The van der Waals surface area contributed by atoms with Crippen LogP contribution in [-0.2, 0) is 28.8 Å². The monoisotopic (exact) mass is 435 g/mol. The van der Waals surface area contributed by atoms with Crippen LogP contribution in [-0.4, -0.2) is 25.6 Å². The Morgan fingerprint density at radius 3 is 2.68 bits per heavy atom. The summed E-state index contributed by atoms with van der Waals surface area (Å²) in [4.78, 5) is 26.6. The second-order valence-corrected chi connectivity index (χ2v) is 8.63. The molecule has 0 bridgehead atoms. The molecule has 1 N–H and O–H groups in total. The molecule has 0 aliphatic heterocycles. The van der Waals surface area contributed by atoms with Crippen molar-refractivity contribution in [3.05, 3.63) is 69.6 Å². The number of rotatable bonds is 6. The summed E-state index contributed by atoms with van der Waals surface area (Å²) in [6.45, 7) is 3.67. The molecule has 1 aliphatic rings. The van der Waals surface area contributed by atoms with Crippen LogP contribution >= 0.6 is 11.3 Å². The lowest BCUT2D eigenvalue weighted by Crippen LogP contribution is -2.21. The number of benzene rings is 2. The fraction of sp³-hybridized carbons (Fsp3) is 0.280. The molecule has 31 heavy (non-hydrogen) atoms. The summed E-state index contributed by atoms with van der Waals surface area (Å²) in [7, 11) is 1.66. The second kappa shape index (κ2) is 8.94. The maximum absolute atomic E-state index is 12.6. The molecule has 5 nitrogen and oxygen atoms in total. The van der Waals surface area contributed by atoms with E-state index in [4.69, 9.17) is 9.47 Å². The van der Waals surface area contributed by atoms with Gasteiger partial charge in [0.15, 0.2) is 6.61 Å². The Kier molecular flexibility index (Phi) is 6.09. The van der Waals surface area contributed by atoms with Crippen LogP contribution in [0, 0.1) is 6.92 Å². The van der Waals surface area contributed by atoms with E-state index >= 15 is 0 Å². The summed E-state index contributed by atoms with van der Waals surface area (Å²) >= 11 is 1.42. The minimum Gasteiger partial charge on any atom is -0.497 e. The zero-order valence-corrected chi connectivity index (χ0v) is 18.7. The highest BCUT2D eigenvalue weighted by Crippen LogP contribution is 2.41. The Hall–Kier alpha value is -3.12. The van der Waals surface area contributed by atoms with E-state index < -0.39 is 5.97 Å². The van der Waals surface area contributed by atoms with Crippen LogP contribution in [0.25, 0.3) is 10.4 Å². The highest BCUT2D eigenvalue weighted by Gasteiger charge is 2.23. The number of nitrogens with one attached hydrogen (secondary N) is 1. The molecule has 0 fully saturated rings. The number of para-hydroxylation sites is 1. The van der Waals surface area contributed by atoms with Crippen molar-refractivity contribution in [2.24, 2.45) is 0 Å². The van der Waals surface area contributed by atoms with Crippen molar-refractivity contribution in [2.45, 2.75) is 33.1 Å². The quantitative estimate of drug-likeness (QED) is 0.541. The largest absolute Gasteiger partial charge is 0.497 e. The van der Waals surface area contributed by atoms with E-state index in [1.165, 1.54) is 16.9 Å². The van der Waals surface area contributed by atoms with Crippen LogP contribution in [0.2, 0.25) is 0 Å². The molecule has 0 unspecified atom stereocenters. The zero-order valence-electron chi connectivity index (χ0n) is 17.9. The molecule has 0 saturated carbocycles. The number of aryl methyl sites for hydroxylation is 4. The molecule has 3 aromatic rings. The average Bonchev–Trinajstić information content (AvgIpc) is 3.23. The van der Waals surface area contributed by atoms with Crippen LogP contribution < -0.4 is 10.1 Å². The van der Waals surface area contributed by atoms with Gasteiger partial charge in [-0.05, 0) is 78.3 Å². The Balaban J connectivity index is 1.44. The first kappa shape index (κ1) is 21.1. The molecule has 1 amide bonds. The lowest BCUT2D eigenvalue weighted by atomic mass is 9.91. The fourth-order valence-electron chi connectivity index (χ4n) is 3.92. The number of thiophene rings is 1. The summed E-state index contributed by atoms with van der Waals surface area (Å²) in [5.74, 6) is 0.0329. The maximum atomic E-state index is 12.6. The number of carbonyl (C=O) groups is 2. The van der Waals surface area contributed by atoms with E-state index in [1.807, 2.05) is 50.2 Å². The Bertz CT molecular complexity index is 1150. The minimum absolute atomic E-state index is 0.313. The summed E-state index contributed by atoms with van der Waals surface area (Å²) < 4.78 is 10.6. The maximum Gasteiger partial charge on any atom is 0.348 e. The molecule has 2 aromatic carbocycles. The fourth-order valence-corrected chi connectivity index (χ4v) is 5.08. The van der Waals surface area contributed by atoms with Crippen molar-refractivity contribution < 1.29 is 19.1 Å². The molecule has 160 valence electrons. The van der Waals surface area contributed by atoms with Gasteiger partial charge in [-0.1, -0.05) is 25.1 Å². The van der Waals surface area contributed by atoms with Crippen molar-refractivity contribution >= 4 is 28.9 Å². The molecule has 0 radical (unpaired) electrons. The predicted octanol–water partition coefficient (Wildman–Crippen LogP) is 5.19. The lowest BCUT2D eigenvalue weighted by molar-refractivity contribution is -0.119. The number of amides is 1. The second-order valence-electron chi connectivity index (χ2n) is 7.57. The van der Waals surface area contributed by atoms with Gasteiger partial charge in [0.05, 0.1) is 7.11 Å². The predicted molar refractivity (Wildman–Crippen MR) is 123 cm³/mol. The van der Waals surface area contributed by atoms with Crippen molar-refractivity contribution in [2.75, 3.05) is 19.0 Å². The van der Waals surface area contributed by atoms with Gasteiger partial charge in [0.2, 0.25) is 0 Å². The van der Waals surface area contributed by atoms with E-state index in [9.17, 15) is 9.59 Å². The number of anilines is 1. The molecule has 1 aliphatic carbocycles. The van der Waals surface area contributed by atoms with Crippen LogP contribution in [0.4, 0.5) is 5.69 Å². The van der Waals surface area contributed by atoms with Gasteiger partial charge in [-0.15, -0.1) is 11.3 Å². The van der Waals surface area contributed by atoms with Crippen LogP contribution in [0.15, 0.2) is 42.5 Å². The van der Waals surface area contributed by atoms with E-state index in [2.05, 4.69) is 11.4 Å². The van der Waals surface area contributed by atoms with Crippen molar-refractivity contribution in [1.29, 1.82) is 0 Å². The highest BCUT2D eigenvalue weighted by atomic mass is 32.1. The van der Waals surface area contributed by atoms with Crippen LogP contribution in [0.1, 0.15) is 38.8 Å². The number of fused-ring (bicyclic) bond motifs is 3. The summed E-state index contributed by atoms with van der Waals surface area (Å²) in [6.07, 6.45) is 2.58. The summed E-state index contributed by atoms with van der Waals surface area (Å²) in [5, 5.41) is 2.88. The lowest BCUT2D eigenvalue weighted by Gasteiger charge is -2.16. The molecule has 1 aromatic heterocycles. The number of esters is 1. The third kappa shape index (κ3) is 4.35. The highest BCUT2D eigenvalue weighted by molar-refractivity contribution is 7.17. The van der Waals surface area contributed by atoms with Gasteiger partial charge >= 0.3 is 5.97 Å². The molecule has 6 heteroatoms. The topological polar surface area (TPSA) is 64.6 Å². The Labute approximate surface area is 186 Å².